The normalized spacial score (nSPS) is 13.4. The molecule has 0 amide bonds. The summed E-state index contributed by atoms with van der Waals surface area (Å²) >= 11 is 5.81. The van der Waals surface area contributed by atoms with Crippen LogP contribution in [0.15, 0.2) is 12.4 Å². The number of aryl methyl sites for hydroxylation is 2. The van der Waals surface area contributed by atoms with Gasteiger partial charge in [-0.1, -0.05) is 0 Å². The Labute approximate surface area is 72.2 Å². The van der Waals surface area contributed by atoms with Gasteiger partial charge in [0.05, 0.1) is 0 Å². The minimum absolute atomic E-state index is 0.242. The van der Waals surface area contributed by atoms with Crippen molar-refractivity contribution < 1.29 is 0 Å². The minimum Gasteiger partial charge on any atom is -0.338 e. The maximum atomic E-state index is 5.81. The SMILES string of the molecule is CC(Cl)CCc1nccn1C. The Morgan fingerprint density at radius 3 is 2.91 bits per heavy atom. The molecular formula is C8H13ClN2. The van der Waals surface area contributed by atoms with E-state index in [1.807, 2.05) is 30.9 Å². The van der Waals surface area contributed by atoms with Crippen molar-refractivity contribution in [2.75, 3.05) is 0 Å². The Bertz CT molecular complexity index is 218. The van der Waals surface area contributed by atoms with Crippen molar-refractivity contribution >= 4 is 11.6 Å². The van der Waals surface area contributed by atoms with Crippen LogP contribution in [0.1, 0.15) is 19.2 Å². The van der Waals surface area contributed by atoms with Gasteiger partial charge >= 0.3 is 0 Å². The number of alkyl halides is 1. The van der Waals surface area contributed by atoms with Crippen LogP contribution in [0, 0.1) is 0 Å². The second kappa shape index (κ2) is 3.77. The Balaban J connectivity index is 2.44. The van der Waals surface area contributed by atoms with Crippen LogP contribution in [0.5, 0.6) is 0 Å². The largest absolute Gasteiger partial charge is 0.338 e. The molecule has 3 heteroatoms. The van der Waals surface area contributed by atoms with Gasteiger partial charge in [0.15, 0.2) is 0 Å². The monoisotopic (exact) mass is 172 g/mol. The van der Waals surface area contributed by atoms with Crippen LogP contribution in [0.3, 0.4) is 0 Å². The van der Waals surface area contributed by atoms with E-state index in [0.29, 0.717) is 0 Å². The highest BCUT2D eigenvalue weighted by molar-refractivity contribution is 6.20. The predicted molar refractivity (Wildman–Crippen MR) is 46.8 cm³/mol. The van der Waals surface area contributed by atoms with E-state index in [4.69, 9.17) is 11.6 Å². The van der Waals surface area contributed by atoms with Crippen molar-refractivity contribution in [2.24, 2.45) is 7.05 Å². The van der Waals surface area contributed by atoms with E-state index in [0.717, 1.165) is 18.7 Å². The number of rotatable bonds is 3. The number of halogens is 1. The molecule has 1 aromatic rings. The van der Waals surface area contributed by atoms with Crippen LogP contribution in [0.25, 0.3) is 0 Å². The number of hydrogen-bond acceptors (Lipinski definition) is 1. The molecule has 1 unspecified atom stereocenters. The van der Waals surface area contributed by atoms with E-state index >= 15 is 0 Å². The second-order valence-corrected chi connectivity index (χ2v) is 3.52. The van der Waals surface area contributed by atoms with Crippen LogP contribution in [0.2, 0.25) is 0 Å². The third-order valence-corrected chi connectivity index (χ3v) is 1.90. The molecule has 0 bridgehead atoms. The van der Waals surface area contributed by atoms with Crippen LogP contribution >= 0.6 is 11.6 Å². The van der Waals surface area contributed by atoms with Crippen LogP contribution < -0.4 is 0 Å². The summed E-state index contributed by atoms with van der Waals surface area (Å²) in [4.78, 5) is 4.19. The summed E-state index contributed by atoms with van der Waals surface area (Å²) in [6, 6.07) is 0. The van der Waals surface area contributed by atoms with E-state index < -0.39 is 0 Å². The highest BCUT2D eigenvalue weighted by atomic mass is 35.5. The molecule has 2 nitrogen and oxygen atoms in total. The average molecular weight is 173 g/mol. The molecule has 0 N–H and O–H groups in total. The zero-order chi connectivity index (χ0) is 8.27. The maximum absolute atomic E-state index is 5.81. The van der Waals surface area contributed by atoms with Gasteiger partial charge in [-0.2, -0.15) is 0 Å². The van der Waals surface area contributed by atoms with E-state index in [1.165, 1.54) is 0 Å². The molecule has 0 aromatic carbocycles. The summed E-state index contributed by atoms with van der Waals surface area (Å²) in [5.41, 5.74) is 0. The summed E-state index contributed by atoms with van der Waals surface area (Å²) in [7, 11) is 2.00. The van der Waals surface area contributed by atoms with Gasteiger partial charge in [-0.15, -0.1) is 11.6 Å². The predicted octanol–water partition coefficient (Wildman–Crippen LogP) is 1.98. The minimum atomic E-state index is 0.242. The van der Waals surface area contributed by atoms with Crippen molar-refractivity contribution in [1.82, 2.24) is 9.55 Å². The highest BCUT2D eigenvalue weighted by Crippen LogP contribution is 2.05. The molecule has 0 saturated heterocycles. The molecule has 0 radical (unpaired) electrons. The molecule has 1 rings (SSSR count). The van der Waals surface area contributed by atoms with E-state index in [1.54, 1.807) is 0 Å². The fraction of sp³-hybridized carbons (Fsp3) is 0.625. The smallest absolute Gasteiger partial charge is 0.108 e. The maximum Gasteiger partial charge on any atom is 0.108 e. The molecule has 0 aliphatic rings. The fourth-order valence-corrected chi connectivity index (χ4v) is 1.07. The molecule has 0 aliphatic carbocycles. The Morgan fingerprint density at radius 2 is 2.45 bits per heavy atom. The quantitative estimate of drug-likeness (QED) is 0.638. The lowest BCUT2D eigenvalue weighted by Gasteiger charge is -2.02. The number of hydrogen-bond donors (Lipinski definition) is 0. The molecule has 1 atom stereocenters. The Hall–Kier alpha value is -0.500. The van der Waals surface area contributed by atoms with Crippen molar-refractivity contribution in [2.45, 2.75) is 25.1 Å². The van der Waals surface area contributed by atoms with Crippen LogP contribution in [0.4, 0.5) is 0 Å². The zero-order valence-electron chi connectivity index (χ0n) is 6.92. The summed E-state index contributed by atoms with van der Waals surface area (Å²) < 4.78 is 2.03. The summed E-state index contributed by atoms with van der Waals surface area (Å²) in [5, 5.41) is 0.242. The average Bonchev–Trinajstić information content (AvgIpc) is 2.31. The summed E-state index contributed by atoms with van der Waals surface area (Å²) in [5.74, 6) is 1.11. The molecule has 0 spiro atoms. The third kappa shape index (κ3) is 2.54. The van der Waals surface area contributed by atoms with Crippen molar-refractivity contribution in [3.8, 4) is 0 Å². The van der Waals surface area contributed by atoms with Gasteiger partial charge in [-0.3, -0.25) is 0 Å². The zero-order valence-corrected chi connectivity index (χ0v) is 7.67. The van der Waals surface area contributed by atoms with E-state index in [9.17, 15) is 0 Å². The molecule has 0 saturated carbocycles. The lowest BCUT2D eigenvalue weighted by atomic mass is 10.2. The van der Waals surface area contributed by atoms with Gasteiger partial charge < -0.3 is 4.57 Å². The Morgan fingerprint density at radius 1 is 1.73 bits per heavy atom. The molecule has 0 aliphatic heterocycles. The first kappa shape index (κ1) is 8.60. The molecule has 1 heterocycles. The first-order chi connectivity index (χ1) is 5.20. The van der Waals surface area contributed by atoms with Gasteiger partial charge in [-0.05, 0) is 13.3 Å². The topological polar surface area (TPSA) is 17.8 Å². The molecule has 62 valence electrons. The molecule has 1 aromatic heterocycles. The van der Waals surface area contributed by atoms with Crippen LogP contribution in [-0.4, -0.2) is 14.9 Å². The number of nitrogens with zero attached hydrogens (tertiary/aromatic N) is 2. The lowest BCUT2D eigenvalue weighted by Crippen LogP contribution is -2.01. The van der Waals surface area contributed by atoms with Gasteiger partial charge in [0.1, 0.15) is 5.82 Å². The Kier molecular flexibility index (Phi) is 2.94. The fourth-order valence-electron chi connectivity index (χ4n) is 0.965. The highest BCUT2D eigenvalue weighted by Gasteiger charge is 2.01. The van der Waals surface area contributed by atoms with E-state index in [2.05, 4.69) is 4.98 Å². The van der Waals surface area contributed by atoms with Crippen molar-refractivity contribution in [3.05, 3.63) is 18.2 Å². The van der Waals surface area contributed by atoms with Crippen molar-refractivity contribution in [3.63, 3.8) is 0 Å². The van der Waals surface area contributed by atoms with Crippen LogP contribution in [-0.2, 0) is 13.5 Å². The standard InChI is InChI=1S/C8H13ClN2/c1-7(9)3-4-8-10-5-6-11(8)2/h5-7H,3-4H2,1-2H3. The number of imidazole rings is 1. The van der Waals surface area contributed by atoms with Gasteiger partial charge in [0, 0.05) is 31.2 Å². The summed E-state index contributed by atoms with van der Waals surface area (Å²) in [6.45, 7) is 2.00. The van der Waals surface area contributed by atoms with Gasteiger partial charge in [0.25, 0.3) is 0 Å². The van der Waals surface area contributed by atoms with Crippen molar-refractivity contribution in [1.29, 1.82) is 0 Å². The molecule has 0 fully saturated rings. The lowest BCUT2D eigenvalue weighted by molar-refractivity contribution is 0.716. The third-order valence-electron chi connectivity index (χ3n) is 1.69. The van der Waals surface area contributed by atoms with Gasteiger partial charge in [-0.25, -0.2) is 4.98 Å². The van der Waals surface area contributed by atoms with E-state index in [-0.39, 0.29) is 5.38 Å². The molecule has 11 heavy (non-hydrogen) atoms. The first-order valence-corrected chi connectivity index (χ1v) is 4.24. The molecular weight excluding hydrogens is 160 g/mol. The number of aromatic nitrogens is 2. The van der Waals surface area contributed by atoms with Gasteiger partial charge in [0.2, 0.25) is 0 Å². The second-order valence-electron chi connectivity index (χ2n) is 2.77. The summed E-state index contributed by atoms with van der Waals surface area (Å²) in [6.07, 6.45) is 5.73. The first-order valence-electron chi connectivity index (χ1n) is 3.80.